The molecule has 1 saturated carbocycles. The molecule has 1 heterocycles. The van der Waals surface area contributed by atoms with Gasteiger partial charge in [-0.1, -0.05) is 32.6 Å². The number of hydrogen-bond acceptors (Lipinski definition) is 5. The first-order valence-corrected chi connectivity index (χ1v) is 8.30. The first kappa shape index (κ1) is 16.4. The highest BCUT2D eigenvalue weighted by atomic mass is 16.5. The molecule has 0 aliphatic heterocycles. The van der Waals surface area contributed by atoms with Crippen molar-refractivity contribution in [3.8, 4) is 0 Å². The van der Waals surface area contributed by atoms with Gasteiger partial charge in [-0.05, 0) is 31.5 Å². The summed E-state index contributed by atoms with van der Waals surface area (Å²) >= 11 is 0. The molecule has 1 aromatic heterocycles. The van der Waals surface area contributed by atoms with Crippen molar-refractivity contribution >= 4 is 0 Å². The maximum Gasteiger partial charge on any atom is 0.176 e. The van der Waals surface area contributed by atoms with E-state index in [9.17, 15) is 0 Å². The SMILES string of the molecule is CCNC(Cc1nnn(C)n1)C1(OCC)CCCCCC1. The second-order valence-electron chi connectivity index (χ2n) is 5.92. The summed E-state index contributed by atoms with van der Waals surface area (Å²) in [5.41, 5.74) is -0.0829. The van der Waals surface area contributed by atoms with E-state index in [0.717, 1.165) is 38.2 Å². The van der Waals surface area contributed by atoms with Gasteiger partial charge < -0.3 is 10.1 Å². The average Bonchev–Trinajstić information content (AvgIpc) is 2.73. The second-order valence-corrected chi connectivity index (χ2v) is 5.92. The van der Waals surface area contributed by atoms with Crippen molar-refractivity contribution < 1.29 is 4.74 Å². The first-order chi connectivity index (χ1) is 10.2. The lowest BCUT2D eigenvalue weighted by molar-refractivity contribution is -0.0768. The predicted octanol–water partition coefficient (Wildman–Crippen LogP) is 1.86. The van der Waals surface area contributed by atoms with Crippen LogP contribution in [-0.4, -0.2) is 45.0 Å². The third-order valence-electron chi connectivity index (χ3n) is 4.40. The molecule has 0 aromatic carbocycles. The van der Waals surface area contributed by atoms with Crippen molar-refractivity contribution in [2.45, 2.75) is 70.4 Å². The number of aromatic nitrogens is 4. The van der Waals surface area contributed by atoms with E-state index in [2.05, 4.69) is 34.6 Å². The van der Waals surface area contributed by atoms with Crippen LogP contribution in [0.5, 0.6) is 0 Å². The standard InChI is InChI=1S/C15H29N5O/c1-4-16-13(12-14-17-19-20(3)18-14)15(21-5-2)10-8-6-7-9-11-15/h13,16H,4-12H2,1-3H3. The van der Waals surface area contributed by atoms with E-state index in [0.29, 0.717) is 0 Å². The molecule has 0 spiro atoms. The molecule has 1 aromatic rings. The van der Waals surface area contributed by atoms with E-state index in [4.69, 9.17) is 4.74 Å². The summed E-state index contributed by atoms with van der Waals surface area (Å²) in [6, 6.07) is 0.254. The third kappa shape index (κ3) is 4.23. The average molecular weight is 295 g/mol. The van der Waals surface area contributed by atoms with Crippen LogP contribution >= 0.6 is 0 Å². The normalized spacial score (nSPS) is 20.1. The lowest BCUT2D eigenvalue weighted by atomic mass is 9.84. The van der Waals surface area contributed by atoms with Gasteiger partial charge >= 0.3 is 0 Å². The van der Waals surface area contributed by atoms with Gasteiger partial charge in [0.2, 0.25) is 0 Å². The van der Waals surface area contributed by atoms with Gasteiger partial charge in [0.1, 0.15) is 0 Å². The van der Waals surface area contributed by atoms with Gasteiger partial charge in [-0.3, -0.25) is 0 Å². The molecule has 1 unspecified atom stereocenters. The smallest absolute Gasteiger partial charge is 0.176 e. The maximum absolute atomic E-state index is 6.30. The summed E-state index contributed by atoms with van der Waals surface area (Å²) in [5.74, 6) is 0.798. The number of tetrazole rings is 1. The monoisotopic (exact) mass is 295 g/mol. The predicted molar refractivity (Wildman–Crippen MR) is 82.0 cm³/mol. The molecular weight excluding hydrogens is 266 g/mol. The molecule has 0 bridgehead atoms. The maximum atomic E-state index is 6.30. The number of hydrogen-bond donors (Lipinski definition) is 1. The van der Waals surface area contributed by atoms with Gasteiger partial charge in [0.05, 0.1) is 12.6 Å². The van der Waals surface area contributed by atoms with Crippen LogP contribution in [0.25, 0.3) is 0 Å². The summed E-state index contributed by atoms with van der Waals surface area (Å²) in [7, 11) is 1.81. The fourth-order valence-corrected chi connectivity index (χ4v) is 3.49. The van der Waals surface area contributed by atoms with E-state index in [-0.39, 0.29) is 11.6 Å². The topological polar surface area (TPSA) is 64.9 Å². The van der Waals surface area contributed by atoms with Crippen molar-refractivity contribution in [3.05, 3.63) is 5.82 Å². The highest BCUT2D eigenvalue weighted by Gasteiger charge is 2.40. The number of nitrogens with zero attached hydrogens (tertiary/aromatic N) is 4. The van der Waals surface area contributed by atoms with Crippen LogP contribution < -0.4 is 5.32 Å². The molecule has 6 heteroatoms. The van der Waals surface area contributed by atoms with Crippen LogP contribution in [0, 0.1) is 0 Å². The molecule has 0 radical (unpaired) electrons. The van der Waals surface area contributed by atoms with Crippen LogP contribution in [-0.2, 0) is 18.2 Å². The van der Waals surface area contributed by atoms with Crippen LogP contribution in [0.2, 0.25) is 0 Å². The van der Waals surface area contributed by atoms with E-state index in [1.54, 1.807) is 0 Å². The Morgan fingerprint density at radius 2 is 1.95 bits per heavy atom. The highest BCUT2D eigenvalue weighted by Crippen LogP contribution is 2.34. The van der Waals surface area contributed by atoms with Crippen molar-refractivity contribution in [3.63, 3.8) is 0 Å². The fraction of sp³-hybridized carbons (Fsp3) is 0.933. The van der Waals surface area contributed by atoms with E-state index >= 15 is 0 Å². The molecule has 0 saturated heterocycles. The second kappa shape index (κ2) is 7.84. The Morgan fingerprint density at radius 3 is 2.48 bits per heavy atom. The van der Waals surface area contributed by atoms with Crippen molar-refractivity contribution in [2.24, 2.45) is 7.05 Å². The molecule has 120 valence electrons. The van der Waals surface area contributed by atoms with Crippen LogP contribution in [0.15, 0.2) is 0 Å². The van der Waals surface area contributed by atoms with E-state index in [1.807, 2.05) is 7.05 Å². The summed E-state index contributed by atoms with van der Waals surface area (Å²) in [5, 5.41) is 16.1. The summed E-state index contributed by atoms with van der Waals surface area (Å²) in [6.07, 6.45) is 8.15. The van der Waals surface area contributed by atoms with E-state index in [1.165, 1.54) is 30.5 Å². The quantitative estimate of drug-likeness (QED) is 0.778. The van der Waals surface area contributed by atoms with Crippen LogP contribution in [0.1, 0.15) is 58.2 Å². The Hall–Kier alpha value is -1.01. The van der Waals surface area contributed by atoms with Crippen molar-refractivity contribution in [1.29, 1.82) is 0 Å². The minimum Gasteiger partial charge on any atom is -0.374 e. The van der Waals surface area contributed by atoms with Gasteiger partial charge in [-0.25, -0.2) is 0 Å². The Morgan fingerprint density at radius 1 is 1.24 bits per heavy atom. The van der Waals surface area contributed by atoms with Gasteiger partial charge in [-0.15, -0.1) is 10.2 Å². The zero-order chi connectivity index (χ0) is 15.1. The third-order valence-corrected chi connectivity index (χ3v) is 4.40. The number of ether oxygens (including phenoxy) is 1. The van der Waals surface area contributed by atoms with Crippen LogP contribution in [0.3, 0.4) is 0 Å². The minimum atomic E-state index is -0.0829. The van der Waals surface area contributed by atoms with Crippen molar-refractivity contribution in [2.75, 3.05) is 13.2 Å². The number of rotatable bonds is 7. The van der Waals surface area contributed by atoms with Crippen LogP contribution in [0.4, 0.5) is 0 Å². The Bertz CT molecular complexity index is 412. The largest absolute Gasteiger partial charge is 0.374 e. The lowest BCUT2D eigenvalue weighted by Gasteiger charge is -2.40. The highest BCUT2D eigenvalue weighted by molar-refractivity contribution is 4.99. The Balaban J connectivity index is 2.17. The zero-order valence-electron chi connectivity index (χ0n) is 13.6. The van der Waals surface area contributed by atoms with Gasteiger partial charge in [0, 0.05) is 19.1 Å². The Kier molecular flexibility index (Phi) is 6.11. The molecule has 1 N–H and O–H groups in total. The lowest BCUT2D eigenvalue weighted by Crippen LogP contribution is -2.53. The molecule has 21 heavy (non-hydrogen) atoms. The van der Waals surface area contributed by atoms with Gasteiger partial charge in [-0.2, -0.15) is 4.80 Å². The number of nitrogens with one attached hydrogen (secondary N) is 1. The first-order valence-electron chi connectivity index (χ1n) is 8.30. The molecule has 1 aliphatic rings. The number of aryl methyl sites for hydroxylation is 1. The summed E-state index contributed by atoms with van der Waals surface area (Å²) < 4.78 is 6.30. The fourth-order valence-electron chi connectivity index (χ4n) is 3.49. The molecule has 1 atom stereocenters. The molecular formula is C15H29N5O. The summed E-state index contributed by atoms with van der Waals surface area (Å²) in [6.45, 7) is 5.93. The Labute approximate surface area is 127 Å². The minimum absolute atomic E-state index is 0.0829. The zero-order valence-corrected chi connectivity index (χ0v) is 13.6. The molecule has 1 fully saturated rings. The van der Waals surface area contributed by atoms with E-state index < -0.39 is 0 Å². The van der Waals surface area contributed by atoms with Gasteiger partial charge in [0.25, 0.3) is 0 Å². The van der Waals surface area contributed by atoms with Gasteiger partial charge in [0.15, 0.2) is 5.82 Å². The molecule has 1 aliphatic carbocycles. The molecule has 6 nitrogen and oxygen atoms in total. The number of likely N-dealkylation sites (N-methyl/N-ethyl adjacent to an activating group) is 1. The molecule has 0 amide bonds. The van der Waals surface area contributed by atoms with Crippen molar-refractivity contribution in [1.82, 2.24) is 25.5 Å². The molecule has 2 rings (SSSR count). The summed E-state index contributed by atoms with van der Waals surface area (Å²) in [4.78, 5) is 1.53.